The quantitative estimate of drug-likeness (QED) is 0.185. The van der Waals surface area contributed by atoms with E-state index in [0.717, 1.165) is 17.2 Å². The van der Waals surface area contributed by atoms with Crippen LogP contribution in [0.25, 0.3) is 0 Å². The number of rotatable bonds is 12. The summed E-state index contributed by atoms with van der Waals surface area (Å²) in [5.74, 6) is 2.92. The van der Waals surface area contributed by atoms with Crippen LogP contribution in [0.1, 0.15) is 26.7 Å². The van der Waals surface area contributed by atoms with Crippen LogP contribution in [0.2, 0.25) is 0 Å². The molecule has 0 aromatic carbocycles. The zero-order valence-corrected chi connectivity index (χ0v) is 27.1. The molecule has 2 aliphatic rings. The molecule has 0 fully saturated rings. The van der Waals surface area contributed by atoms with Crippen molar-refractivity contribution < 1.29 is 83.9 Å². The van der Waals surface area contributed by atoms with E-state index < -0.39 is 30.7 Å². The average molecular weight is 639 g/mol. The monoisotopic (exact) mass is 638 g/mol. The van der Waals surface area contributed by atoms with Crippen LogP contribution in [-0.4, -0.2) is 88.3 Å². The van der Waals surface area contributed by atoms with Gasteiger partial charge in [-0.05, 0) is 26.7 Å². The maximum Gasteiger partial charge on any atom is 1.00 e. The van der Waals surface area contributed by atoms with Crippen molar-refractivity contribution in [1.29, 1.82) is 0 Å². The first-order chi connectivity index (χ1) is 17.9. The third kappa shape index (κ3) is 11.6. The van der Waals surface area contributed by atoms with E-state index in [1.807, 2.05) is 21.5 Å². The van der Waals surface area contributed by atoms with Crippen LogP contribution in [0.15, 0.2) is 21.5 Å². The van der Waals surface area contributed by atoms with Crippen LogP contribution in [0.3, 0.4) is 0 Å². The van der Waals surface area contributed by atoms with Crippen molar-refractivity contribution in [3.63, 3.8) is 0 Å². The molecule has 4 heterocycles. The van der Waals surface area contributed by atoms with Crippen molar-refractivity contribution in [2.24, 2.45) is 0 Å². The van der Waals surface area contributed by atoms with Gasteiger partial charge in [-0.3, -0.25) is 4.55 Å². The fraction of sp³-hybridized carbons (Fsp3) is 0.636. The molecule has 0 spiro atoms. The molecule has 0 bridgehead atoms. The molecule has 4 atom stereocenters. The van der Waals surface area contributed by atoms with E-state index in [1.165, 1.54) is 36.5 Å². The summed E-state index contributed by atoms with van der Waals surface area (Å²) in [5.41, 5.74) is 0. The Morgan fingerprint density at radius 1 is 0.846 bits per heavy atom. The van der Waals surface area contributed by atoms with Gasteiger partial charge in [0.25, 0.3) is 10.1 Å². The van der Waals surface area contributed by atoms with Crippen LogP contribution >= 0.6 is 22.7 Å². The van der Waals surface area contributed by atoms with Gasteiger partial charge in [-0.25, -0.2) is 8.42 Å². The van der Waals surface area contributed by atoms with E-state index in [4.69, 9.17) is 33.0 Å². The van der Waals surface area contributed by atoms with Crippen LogP contribution < -0.4 is 48.5 Å². The maximum absolute atomic E-state index is 10.8. The summed E-state index contributed by atoms with van der Waals surface area (Å²) >= 11 is 3.01. The van der Waals surface area contributed by atoms with E-state index in [-0.39, 0.29) is 67.8 Å². The Bertz CT molecular complexity index is 1120. The Hall–Kier alpha value is -0.660. The van der Waals surface area contributed by atoms with Crippen LogP contribution in [-0.2, 0) is 29.7 Å². The zero-order chi connectivity index (χ0) is 27.8. The smallest absolute Gasteiger partial charge is 0.748 e. The summed E-state index contributed by atoms with van der Waals surface area (Å²) in [4.78, 5) is 0. The summed E-state index contributed by atoms with van der Waals surface area (Å²) in [7, 11) is -8.20. The maximum atomic E-state index is 10.8. The predicted octanol–water partition coefficient (Wildman–Crippen LogP) is -0.197. The molecule has 1 N–H and O–H groups in total. The summed E-state index contributed by atoms with van der Waals surface area (Å²) in [5, 5.41) is 5.71. The minimum atomic E-state index is -4.23. The molecular formula is C22H31NaO12S4. The zero-order valence-electron chi connectivity index (χ0n) is 21.8. The van der Waals surface area contributed by atoms with Crippen molar-refractivity contribution >= 4 is 42.9 Å². The molecule has 2 aromatic heterocycles. The second kappa shape index (κ2) is 16.1. The van der Waals surface area contributed by atoms with Crippen molar-refractivity contribution in [3.05, 3.63) is 21.5 Å². The molecule has 0 saturated heterocycles. The predicted molar refractivity (Wildman–Crippen MR) is 140 cm³/mol. The first-order valence-corrected chi connectivity index (χ1v) is 16.6. The molecule has 216 valence electrons. The Morgan fingerprint density at radius 3 is 1.67 bits per heavy atom. The third-order valence-electron chi connectivity index (χ3n) is 5.57. The van der Waals surface area contributed by atoms with Gasteiger partial charge in [-0.2, -0.15) is 8.42 Å². The van der Waals surface area contributed by atoms with Crippen molar-refractivity contribution in [1.82, 2.24) is 0 Å². The minimum Gasteiger partial charge on any atom is -0.748 e. The van der Waals surface area contributed by atoms with E-state index in [2.05, 4.69) is 0 Å². The summed E-state index contributed by atoms with van der Waals surface area (Å²) < 4.78 is 95.3. The summed E-state index contributed by atoms with van der Waals surface area (Å²) in [6.45, 7) is 4.72. The molecule has 0 aliphatic carbocycles. The Kier molecular flexibility index (Phi) is 14.3. The number of hydrogen-bond acceptors (Lipinski definition) is 13. The average Bonchev–Trinajstić information content (AvgIpc) is 3.52. The fourth-order valence-electron chi connectivity index (χ4n) is 3.11. The van der Waals surface area contributed by atoms with Gasteiger partial charge in [0.05, 0.1) is 28.6 Å². The van der Waals surface area contributed by atoms with Gasteiger partial charge in [0, 0.05) is 40.0 Å². The molecule has 39 heavy (non-hydrogen) atoms. The Balaban J connectivity index is 0.000000267. The number of ether oxygens (including phenoxy) is 6. The second-order valence-corrected chi connectivity index (χ2v) is 13.8. The van der Waals surface area contributed by atoms with Crippen molar-refractivity contribution in [2.45, 2.75) is 49.4 Å². The summed E-state index contributed by atoms with van der Waals surface area (Å²) in [6.07, 6.45) is 0.0311. The molecule has 0 saturated carbocycles. The van der Waals surface area contributed by atoms with Crippen LogP contribution in [0.5, 0.6) is 23.0 Å². The van der Waals surface area contributed by atoms with E-state index >= 15 is 0 Å². The number of hydrogen-bond donors (Lipinski definition) is 1. The molecule has 2 aromatic rings. The number of thiophene rings is 2. The Labute approximate surface area is 258 Å². The van der Waals surface area contributed by atoms with Crippen molar-refractivity contribution in [2.75, 3.05) is 39.6 Å². The topological polar surface area (TPSA) is 167 Å². The second-order valence-electron chi connectivity index (χ2n) is 8.66. The SMILES string of the molecule is CC(CCOCC1COc2cscc2O1)S(=O)(=O)O.CC(CCOCC1COc2cscc2O1)S(=O)(=O)[O-].[Na+]. The minimum absolute atomic E-state index is 0. The molecule has 0 amide bonds. The van der Waals surface area contributed by atoms with E-state index in [9.17, 15) is 21.4 Å². The van der Waals surface area contributed by atoms with Gasteiger partial charge in [-0.1, -0.05) is 0 Å². The van der Waals surface area contributed by atoms with Crippen LogP contribution in [0.4, 0.5) is 0 Å². The van der Waals surface area contributed by atoms with E-state index in [1.54, 1.807) is 0 Å². The van der Waals surface area contributed by atoms with Gasteiger partial charge < -0.3 is 33.0 Å². The fourth-order valence-corrected chi connectivity index (χ4v) is 5.23. The van der Waals surface area contributed by atoms with Gasteiger partial charge in [-0.15, -0.1) is 22.7 Å². The third-order valence-corrected chi connectivity index (χ3v) is 9.44. The summed E-state index contributed by atoms with van der Waals surface area (Å²) in [6, 6.07) is 0. The molecule has 2 aliphatic heterocycles. The van der Waals surface area contributed by atoms with Gasteiger partial charge in [0.15, 0.2) is 35.2 Å². The van der Waals surface area contributed by atoms with Gasteiger partial charge >= 0.3 is 29.6 Å². The number of fused-ring (bicyclic) bond motifs is 2. The first kappa shape index (κ1) is 34.5. The molecular weight excluding hydrogens is 607 g/mol. The molecule has 4 rings (SSSR count). The largest absolute Gasteiger partial charge is 1.00 e. The first-order valence-electron chi connectivity index (χ1n) is 11.7. The van der Waals surface area contributed by atoms with Crippen molar-refractivity contribution in [3.8, 4) is 23.0 Å². The Morgan fingerprint density at radius 2 is 1.26 bits per heavy atom. The molecule has 12 nitrogen and oxygen atoms in total. The standard InChI is InChI=1S/2C11H16O6S2.Na/c2*1-8(19(12,13)14)2-3-15-4-9-5-16-10-6-18-7-11(10)17-9;/h2*6-9H,2-5H2,1H3,(H,12,13,14);/q;;+1/p-1. The molecule has 17 heteroatoms. The van der Waals surface area contributed by atoms with Gasteiger partial charge in [0.1, 0.15) is 13.2 Å². The molecule has 0 radical (unpaired) electrons. The van der Waals surface area contributed by atoms with E-state index in [0.29, 0.717) is 32.2 Å². The normalized spacial score (nSPS) is 19.7. The van der Waals surface area contributed by atoms with Gasteiger partial charge in [0.2, 0.25) is 0 Å². The molecule has 4 unspecified atom stereocenters. The van der Waals surface area contributed by atoms with Crippen LogP contribution in [0, 0.1) is 0 Å².